The average Bonchev–Trinajstić information content (AvgIpc) is 2.59. The molecular weight excluding hydrogens is 218 g/mol. The van der Waals surface area contributed by atoms with Gasteiger partial charge in [0.05, 0.1) is 12.2 Å². The van der Waals surface area contributed by atoms with E-state index in [9.17, 15) is 10.2 Å². The molecule has 1 aliphatic rings. The van der Waals surface area contributed by atoms with Crippen molar-refractivity contribution in [2.75, 3.05) is 13.2 Å². The normalized spacial score (nSPS) is 29.7. The molecule has 0 spiro atoms. The maximum absolute atomic E-state index is 9.83. The Bertz CT molecular complexity index is 344. The Labute approximate surface area is 101 Å². The summed E-state index contributed by atoms with van der Waals surface area (Å²) in [6.07, 6.45) is -0.980. The molecule has 1 aromatic rings. The predicted molar refractivity (Wildman–Crippen MR) is 64.4 cm³/mol. The molecule has 94 valence electrons. The number of nitrogens with zero attached hydrogens (tertiary/aromatic N) is 1. The molecule has 4 heteroatoms. The molecule has 0 unspecified atom stereocenters. The lowest BCUT2D eigenvalue weighted by Gasteiger charge is -2.25. The number of aliphatic hydroxyl groups is 3. The highest BCUT2D eigenvalue weighted by Gasteiger charge is 2.38. The zero-order valence-electron chi connectivity index (χ0n) is 9.74. The lowest BCUT2D eigenvalue weighted by atomic mass is 10.1. The Morgan fingerprint density at radius 1 is 1.18 bits per heavy atom. The van der Waals surface area contributed by atoms with Crippen molar-refractivity contribution in [3.63, 3.8) is 0 Å². The molecule has 3 N–H and O–H groups in total. The second-order valence-corrected chi connectivity index (χ2v) is 4.55. The molecule has 1 aliphatic heterocycles. The van der Waals surface area contributed by atoms with Crippen LogP contribution in [0, 0.1) is 0 Å². The molecule has 1 aromatic carbocycles. The van der Waals surface area contributed by atoms with Crippen molar-refractivity contribution in [2.24, 2.45) is 0 Å². The minimum Gasteiger partial charge on any atom is -0.396 e. The first-order chi connectivity index (χ1) is 8.22. The zero-order chi connectivity index (χ0) is 12.3. The lowest BCUT2D eigenvalue weighted by molar-refractivity contribution is 0.0311. The first-order valence-corrected chi connectivity index (χ1v) is 5.97. The van der Waals surface area contributed by atoms with E-state index in [-0.39, 0.29) is 12.6 Å². The van der Waals surface area contributed by atoms with Crippen molar-refractivity contribution in [2.45, 2.75) is 31.2 Å². The maximum Gasteiger partial charge on any atom is 0.0967 e. The van der Waals surface area contributed by atoms with Crippen molar-refractivity contribution in [3.8, 4) is 0 Å². The molecule has 0 aromatic heterocycles. The summed E-state index contributed by atoms with van der Waals surface area (Å²) >= 11 is 0. The summed E-state index contributed by atoms with van der Waals surface area (Å²) in [7, 11) is 0. The molecule has 0 saturated carbocycles. The number of benzene rings is 1. The van der Waals surface area contributed by atoms with Gasteiger partial charge in [-0.1, -0.05) is 30.3 Å². The van der Waals surface area contributed by atoms with Crippen LogP contribution in [-0.4, -0.2) is 51.6 Å². The summed E-state index contributed by atoms with van der Waals surface area (Å²) in [6, 6.07) is 9.79. The van der Waals surface area contributed by atoms with Gasteiger partial charge in [0.15, 0.2) is 0 Å². The van der Waals surface area contributed by atoms with Gasteiger partial charge in [-0.15, -0.1) is 0 Å². The Morgan fingerprint density at radius 3 is 2.53 bits per heavy atom. The Hall–Kier alpha value is -0.940. The van der Waals surface area contributed by atoms with Gasteiger partial charge >= 0.3 is 0 Å². The Balaban J connectivity index is 2.04. The summed E-state index contributed by atoms with van der Waals surface area (Å²) < 4.78 is 0. The van der Waals surface area contributed by atoms with Crippen LogP contribution < -0.4 is 0 Å². The number of likely N-dealkylation sites (tertiary alicyclic amines) is 1. The quantitative estimate of drug-likeness (QED) is 0.688. The third-order valence-electron chi connectivity index (χ3n) is 3.33. The number of β-amino-alcohol motifs (C(OH)–C–C–N with tert-alkyl or cyclic N) is 1. The van der Waals surface area contributed by atoms with Crippen LogP contribution in [0.2, 0.25) is 0 Å². The van der Waals surface area contributed by atoms with E-state index in [0.29, 0.717) is 19.5 Å². The highest BCUT2D eigenvalue weighted by molar-refractivity contribution is 5.15. The van der Waals surface area contributed by atoms with Gasteiger partial charge in [0, 0.05) is 25.7 Å². The molecule has 4 nitrogen and oxygen atoms in total. The Morgan fingerprint density at radius 2 is 1.88 bits per heavy atom. The van der Waals surface area contributed by atoms with Gasteiger partial charge in [0.2, 0.25) is 0 Å². The highest BCUT2D eigenvalue weighted by Crippen LogP contribution is 2.23. The first-order valence-electron chi connectivity index (χ1n) is 5.97. The maximum atomic E-state index is 9.83. The van der Waals surface area contributed by atoms with Crippen molar-refractivity contribution in [1.82, 2.24) is 4.90 Å². The van der Waals surface area contributed by atoms with Gasteiger partial charge in [0.25, 0.3) is 0 Å². The molecule has 1 fully saturated rings. The van der Waals surface area contributed by atoms with Gasteiger partial charge < -0.3 is 15.3 Å². The van der Waals surface area contributed by atoms with Crippen LogP contribution in [0.3, 0.4) is 0 Å². The largest absolute Gasteiger partial charge is 0.396 e. The fourth-order valence-electron chi connectivity index (χ4n) is 2.44. The second kappa shape index (κ2) is 5.60. The minimum absolute atomic E-state index is 0.0275. The number of hydrogen-bond donors (Lipinski definition) is 3. The monoisotopic (exact) mass is 237 g/mol. The van der Waals surface area contributed by atoms with E-state index in [0.717, 1.165) is 5.56 Å². The van der Waals surface area contributed by atoms with Crippen LogP contribution in [0.5, 0.6) is 0 Å². The molecule has 2 rings (SSSR count). The summed E-state index contributed by atoms with van der Waals surface area (Å²) in [5.74, 6) is 0. The van der Waals surface area contributed by atoms with E-state index in [4.69, 9.17) is 5.11 Å². The van der Waals surface area contributed by atoms with Gasteiger partial charge in [-0.25, -0.2) is 0 Å². The van der Waals surface area contributed by atoms with Crippen LogP contribution in [0.25, 0.3) is 0 Å². The zero-order valence-corrected chi connectivity index (χ0v) is 9.74. The molecule has 1 heterocycles. The molecule has 0 amide bonds. The number of hydrogen-bond acceptors (Lipinski definition) is 4. The SMILES string of the molecule is OCC[C@@H]1[C@H](O)[C@H](O)CN1Cc1ccccc1. The molecule has 0 bridgehead atoms. The second-order valence-electron chi connectivity index (χ2n) is 4.55. The van der Waals surface area contributed by atoms with Crippen LogP contribution in [0.1, 0.15) is 12.0 Å². The van der Waals surface area contributed by atoms with Crippen molar-refractivity contribution >= 4 is 0 Å². The van der Waals surface area contributed by atoms with Crippen LogP contribution in [0.15, 0.2) is 30.3 Å². The first kappa shape index (κ1) is 12.5. The Kier molecular flexibility index (Phi) is 4.12. The van der Waals surface area contributed by atoms with E-state index in [1.54, 1.807) is 0 Å². The fraction of sp³-hybridized carbons (Fsp3) is 0.538. The van der Waals surface area contributed by atoms with Gasteiger partial charge in [-0.3, -0.25) is 4.90 Å². The molecule has 3 atom stereocenters. The van der Waals surface area contributed by atoms with Crippen LogP contribution in [0.4, 0.5) is 0 Å². The van der Waals surface area contributed by atoms with Crippen molar-refractivity contribution in [1.29, 1.82) is 0 Å². The average molecular weight is 237 g/mol. The summed E-state index contributed by atoms with van der Waals surface area (Å²) in [4.78, 5) is 2.03. The number of aliphatic hydroxyl groups excluding tert-OH is 3. The summed E-state index contributed by atoms with van der Waals surface area (Å²) in [5.41, 5.74) is 1.15. The number of rotatable bonds is 4. The molecule has 1 saturated heterocycles. The molecule has 17 heavy (non-hydrogen) atoms. The van der Waals surface area contributed by atoms with Gasteiger partial charge in [-0.2, -0.15) is 0 Å². The standard InChI is InChI=1S/C13H19NO3/c15-7-6-11-13(17)12(16)9-14(11)8-10-4-2-1-3-5-10/h1-5,11-13,15-17H,6-9H2/t11-,12-,13+/m1/s1. The predicted octanol–water partition coefficient (Wildman–Crippen LogP) is -0.0250. The van der Waals surface area contributed by atoms with Crippen LogP contribution in [-0.2, 0) is 6.54 Å². The molecular formula is C13H19NO3. The summed E-state index contributed by atoms with van der Waals surface area (Å²) in [6.45, 7) is 1.18. The highest BCUT2D eigenvalue weighted by atomic mass is 16.3. The van der Waals surface area contributed by atoms with Gasteiger partial charge in [0.1, 0.15) is 0 Å². The topological polar surface area (TPSA) is 63.9 Å². The fourth-order valence-corrected chi connectivity index (χ4v) is 2.44. The van der Waals surface area contributed by atoms with E-state index >= 15 is 0 Å². The minimum atomic E-state index is -0.758. The van der Waals surface area contributed by atoms with Gasteiger partial charge in [-0.05, 0) is 12.0 Å². The summed E-state index contributed by atoms with van der Waals surface area (Å²) in [5, 5.41) is 28.5. The van der Waals surface area contributed by atoms with Crippen LogP contribution >= 0.6 is 0 Å². The molecule has 0 radical (unpaired) electrons. The van der Waals surface area contributed by atoms with Crippen molar-refractivity contribution in [3.05, 3.63) is 35.9 Å². The van der Waals surface area contributed by atoms with Crippen molar-refractivity contribution < 1.29 is 15.3 Å². The van der Waals surface area contributed by atoms with E-state index in [1.807, 2.05) is 35.2 Å². The van der Waals surface area contributed by atoms with E-state index < -0.39 is 12.2 Å². The smallest absolute Gasteiger partial charge is 0.0967 e. The van der Waals surface area contributed by atoms with E-state index in [2.05, 4.69) is 0 Å². The van der Waals surface area contributed by atoms with E-state index in [1.165, 1.54) is 0 Å². The molecule has 0 aliphatic carbocycles. The lowest BCUT2D eigenvalue weighted by Crippen LogP contribution is -2.36. The third-order valence-corrected chi connectivity index (χ3v) is 3.33. The third kappa shape index (κ3) is 2.84.